The lowest BCUT2D eigenvalue weighted by Gasteiger charge is -2.09. The molecule has 0 spiro atoms. The Balaban J connectivity index is 2.16. The summed E-state index contributed by atoms with van der Waals surface area (Å²) in [6, 6.07) is 8.66. The van der Waals surface area contributed by atoms with Crippen LogP contribution in [-0.2, 0) is 6.42 Å². The number of aromatic nitrogens is 2. The fourth-order valence-corrected chi connectivity index (χ4v) is 2.47. The van der Waals surface area contributed by atoms with Gasteiger partial charge in [0.15, 0.2) is 0 Å². The lowest BCUT2D eigenvalue weighted by Crippen LogP contribution is -2.05. The van der Waals surface area contributed by atoms with Crippen LogP contribution in [0.5, 0.6) is 0 Å². The van der Waals surface area contributed by atoms with Crippen molar-refractivity contribution < 1.29 is 0 Å². The number of nitriles is 1. The third-order valence-electron chi connectivity index (χ3n) is 3.39. The van der Waals surface area contributed by atoms with E-state index in [0.29, 0.717) is 17.5 Å². The van der Waals surface area contributed by atoms with E-state index in [-0.39, 0.29) is 0 Å². The molecule has 0 atom stereocenters. The quantitative estimate of drug-likeness (QED) is 0.823. The first-order valence-corrected chi connectivity index (χ1v) is 6.60. The summed E-state index contributed by atoms with van der Waals surface area (Å²) < 4.78 is 2.39. The molecule has 3 rings (SSSR count). The molecule has 92 valence electrons. The average Bonchev–Trinajstić information content (AvgIpc) is 3.10. The Morgan fingerprint density at radius 3 is 2.83 bits per heavy atom. The van der Waals surface area contributed by atoms with E-state index in [1.54, 1.807) is 0 Å². The molecule has 1 heterocycles. The van der Waals surface area contributed by atoms with Gasteiger partial charge in [0.05, 0.1) is 22.7 Å². The van der Waals surface area contributed by atoms with Gasteiger partial charge in [-0.3, -0.25) is 0 Å². The van der Waals surface area contributed by atoms with Crippen LogP contribution in [0.3, 0.4) is 0 Å². The van der Waals surface area contributed by atoms with Gasteiger partial charge in [-0.05, 0) is 37.0 Å². The van der Waals surface area contributed by atoms with E-state index in [0.717, 1.165) is 11.9 Å². The highest BCUT2D eigenvalue weighted by Crippen LogP contribution is 2.39. The molecule has 2 aromatic rings. The van der Waals surface area contributed by atoms with Gasteiger partial charge in [0.25, 0.3) is 0 Å². The molecule has 0 amide bonds. The highest BCUT2D eigenvalue weighted by Gasteiger charge is 2.28. The fraction of sp³-hybridized carbons (Fsp3) is 0.467. The maximum absolute atomic E-state index is 8.96. The maximum atomic E-state index is 8.96. The molecule has 1 aliphatic carbocycles. The molecule has 18 heavy (non-hydrogen) atoms. The van der Waals surface area contributed by atoms with E-state index in [9.17, 15) is 0 Å². The SMILES string of the molecule is CC(C)Cc1nc2cc(C#N)ccc2n1C1CC1. The summed E-state index contributed by atoms with van der Waals surface area (Å²) in [5.74, 6) is 1.78. The van der Waals surface area contributed by atoms with Crippen LogP contribution in [-0.4, -0.2) is 9.55 Å². The Labute approximate surface area is 107 Å². The molecule has 0 unspecified atom stereocenters. The van der Waals surface area contributed by atoms with Gasteiger partial charge in [0, 0.05) is 12.5 Å². The van der Waals surface area contributed by atoms with Crippen molar-refractivity contribution in [1.82, 2.24) is 9.55 Å². The molecule has 0 radical (unpaired) electrons. The number of nitrogens with zero attached hydrogens (tertiary/aromatic N) is 3. The van der Waals surface area contributed by atoms with Crippen molar-refractivity contribution in [2.45, 2.75) is 39.2 Å². The Bertz CT molecular complexity index is 627. The molecule has 1 aromatic heterocycles. The Morgan fingerprint density at radius 1 is 1.44 bits per heavy atom. The molecular weight excluding hydrogens is 222 g/mol. The monoisotopic (exact) mass is 239 g/mol. The maximum Gasteiger partial charge on any atom is 0.110 e. The summed E-state index contributed by atoms with van der Waals surface area (Å²) in [7, 11) is 0. The number of hydrogen-bond donors (Lipinski definition) is 0. The molecular formula is C15H17N3. The second-order valence-electron chi connectivity index (χ2n) is 5.54. The van der Waals surface area contributed by atoms with E-state index in [2.05, 4.69) is 24.5 Å². The van der Waals surface area contributed by atoms with Crippen molar-refractivity contribution >= 4 is 11.0 Å². The fourth-order valence-electron chi connectivity index (χ4n) is 2.47. The predicted molar refractivity (Wildman–Crippen MR) is 71.3 cm³/mol. The lowest BCUT2D eigenvalue weighted by molar-refractivity contribution is 0.585. The summed E-state index contributed by atoms with van der Waals surface area (Å²) in [6.45, 7) is 4.44. The third-order valence-corrected chi connectivity index (χ3v) is 3.39. The zero-order valence-corrected chi connectivity index (χ0v) is 10.8. The van der Waals surface area contributed by atoms with Crippen LogP contribution in [0.15, 0.2) is 18.2 Å². The molecule has 1 fully saturated rings. The van der Waals surface area contributed by atoms with Crippen LogP contribution < -0.4 is 0 Å². The lowest BCUT2D eigenvalue weighted by atomic mass is 10.1. The van der Waals surface area contributed by atoms with Crippen molar-refractivity contribution in [2.75, 3.05) is 0 Å². The van der Waals surface area contributed by atoms with Crippen molar-refractivity contribution in [3.8, 4) is 6.07 Å². The van der Waals surface area contributed by atoms with Crippen molar-refractivity contribution in [3.05, 3.63) is 29.6 Å². The minimum atomic E-state index is 0.606. The van der Waals surface area contributed by atoms with Crippen LogP contribution >= 0.6 is 0 Å². The Kier molecular flexibility index (Phi) is 2.59. The van der Waals surface area contributed by atoms with E-state index < -0.39 is 0 Å². The predicted octanol–water partition coefficient (Wildman–Crippen LogP) is 3.44. The van der Waals surface area contributed by atoms with Crippen LogP contribution in [0.2, 0.25) is 0 Å². The molecule has 3 heteroatoms. The second kappa shape index (κ2) is 4.13. The topological polar surface area (TPSA) is 41.6 Å². The number of imidazole rings is 1. The van der Waals surface area contributed by atoms with Crippen molar-refractivity contribution in [1.29, 1.82) is 5.26 Å². The highest BCUT2D eigenvalue weighted by atomic mass is 15.1. The minimum Gasteiger partial charge on any atom is -0.325 e. The van der Waals surface area contributed by atoms with E-state index >= 15 is 0 Å². The number of hydrogen-bond acceptors (Lipinski definition) is 2. The van der Waals surface area contributed by atoms with Gasteiger partial charge in [-0.2, -0.15) is 5.26 Å². The highest BCUT2D eigenvalue weighted by molar-refractivity contribution is 5.78. The first kappa shape index (κ1) is 11.3. The van der Waals surface area contributed by atoms with Crippen LogP contribution in [0.4, 0.5) is 0 Å². The van der Waals surface area contributed by atoms with Crippen molar-refractivity contribution in [2.24, 2.45) is 5.92 Å². The molecule has 0 bridgehead atoms. The van der Waals surface area contributed by atoms with Gasteiger partial charge in [0.1, 0.15) is 5.82 Å². The molecule has 0 N–H and O–H groups in total. The Hall–Kier alpha value is -1.82. The van der Waals surface area contributed by atoms with E-state index in [1.807, 2.05) is 18.2 Å². The number of rotatable bonds is 3. The van der Waals surface area contributed by atoms with Gasteiger partial charge < -0.3 is 4.57 Å². The summed E-state index contributed by atoms with van der Waals surface area (Å²) in [5.41, 5.74) is 2.85. The first-order chi connectivity index (χ1) is 8.69. The number of fused-ring (bicyclic) bond motifs is 1. The van der Waals surface area contributed by atoms with Gasteiger partial charge in [0.2, 0.25) is 0 Å². The van der Waals surface area contributed by atoms with E-state index in [4.69, 9.17) is 10.2 Å². The summed E-state index contributed by atoms with van der Waals surface area (Å²) in [6.07, 6.45) is 3.53. The smallest absolute Gasteiger partial charge is 0.110 e. The van der Waals surface area contributed by atoms with Crippen LogP contribution in [0, 0.1) is 17.2 Å². The molecule has 3 nitrogen and oxygen atoms in total. The largest absolute Gasteiger partial charge is 0.325 e. The van der Waals surface area contributed by atoms with Crippen LogP contribution in [0.25, 0.3) is 11.0 Å². The molecule has 1 aliphatic rings. The van der Waals surface area contributed by atoms with Gasteiger partial charge >= 0.3 is 0 Å². The molecule has 0 saturated heterocycles. The zero-order valence-electron chi connectivity index (χ0n) is 10.8. The standard InChI is InChI=1S/C15H17N3/c1-10(2)7-15-17-13-8-11(9-16)3-6-14(13)18(15)12-4-5-12/h3,6,8,10,12H,4-5,7H2,1-2H3. The summed E-state index contributed by atoms with van der Waals surface area (Å²) in [4.78, 5) is 4.73. The molecule has 1 saturated carbocycles. The summed E-state index contributed by atoms with van der Waals surface area (Å²) >= 11 is 0. The van der Waals surface area contributed by atoms with Gasteiger partial charge in [-0.1, -0.05) is 13.8 Å². The molecule has 1 aromatic carbocycles. The van der Waals surface area contributed by atoms with Crippen LogP contribution in [0.1, 0.15) is 44.1 Å². The Morgan fingerprint density at radius 2 is 2.22 bits per heavy atom. The number of benzene rings is 1. The van der Waals surface area contributed by atoms with Crippen molar-refractivity contribution in [3.63, 3.8) is 0 Å². The molecule has 0 aliphatic heterocycles. The average molecular weight is 239 g/mol. The second-order valence-corrected chi connectivity index (χ2v) is 5.54. The van der Waals surface area contributed by atoms with Gasteiger partial charge in [-0.15, -0.1) is 0 Å². The normalized spacial score (nSPS) is 15.2. The zero-order chi connectivity index (χ0) is 12.7. The minimum absolute atomic E-state index is 0.606. The summed E-state index contributed by atoms with van der Waals surface area (Å²) in [5, 5.41) is 8.96. The third kappa shape index (κ3) is 1.88. The first-order valence-electron chi connectivity index (χ1n) is 6.60. The van der Waals surface area contributed by atoms with E-state index in [1.165, 1.54) is 24.2 Å². The van der Waals surface area contributed by atoms with Gasteiger partial charge in [-0.25, -0.2) is 4.98 Å².